The molecule has 1 amide bonds. The molecule has 0 atom stereocenters. The summed E-state index contributed by atoms with van der Waals surface area (Å²) in [4.78, 5) is 12.8. The van der Waals surface area contributed by atoms with Gasteiger partial charge in [0.1, 0.15) is 0 Å². The van der Waals surface area contributed by atoms with E-state index in [1.54, 1.807) is 42.5 Å². The molecule has 8 heteroatoms. The van der Waals surface area contributed by atoms with Crippen LogP contribution in [0.25, 0.3) is 0 Å². The van der Waals surface area contributed by atoms with E-state index in [0.29, 0.717) is 0 Å². The fraction of sp³-hybridized carbons (Fsp3) is 0.350. The van der Waals surface area contributed by atoms with Gasteiger partial charge in [0.2, 0.25) is 0 Å². The first-order chi connectivity index (χ1) is 13.0. The second-order valence-electron chi connectivity index (χ2n) is 7.80. The minimum Gasteiger partial charge on any atom is -0.399 e. The van der Waals surface area contributed by atoms with Gasteiger partial charge in [0.25, 0.3) is 15.9 Å². The van der Waals surface area contributed by atoms with E-state index >= 15 is 0 Å². The van der Waals surface area contributed by atoms with Crippen LogP contribution >= 0.6 is 0 Å². The summed E-state index contributed by atoms with van der Waals surface area (Å²) < 4.78 is 38.0. The van der Waals surface area contributed by atoms with Crippen molar-refractivity contribution in [3.8, 4) is 0 Å². The summed E-state index contributed by atoms with van der Waals surface area (Å²) in [5, 5.41) is 0. The lowest BCUT2D eigenvalue weighted by Gasteiger charge is -2.32. The van der Waals surface area contributed by atoms with E-state index in [0.717, 1.165) is 9.77 Å². The number of nitrogens with zero attached hydrogens (tertiary/aromatic N) is 1. The molecule has 1 aliphatic rings. The van der Waals surface area contributed by atoms with E-state index in [1.165, 1.54) is 19.2 Å². The predicted molar refractivity (Wildman–Crippen MR) is 108 cm³/mol. The van der Waals surface area contributed by atoms with Crippen LogP contribution in [-0.4, -0.2) is 44.0 Å². The molecule has 0 bridgehead atoms. The molecule has 6 nitrogen and oxygen atoms in total. The number of benzene rings is 2. The molecule has 2 aromatic rings. The molecular formula is C20H24BNO5S. The summed E-state index contributed by atoms with van der Waals surface area (Å²) >= 11 is 0. The highest BCUT2D eigenvalue weighted by atomic mass is 32.2. The van der Waals surface area contributed by atoms with Crippen molar-refractivity contribution in [1.82, 2.24) is 4.31 Å². The van der Waals surface area contributed by atoms with Gasteiger partial charge in [-0.05, 0) is 57.4 Å². The molecule has 148 valence electrons. The van der Waals surface area contributed by atoms with Crippen molar-refractivity contribution in [2.24, 2.45) is 0 Å². The van der Waals surface area contributed by atoms with Gasteiger partial charge in [-0.15, -0.1) is 0 Å². The van der Waals surface area contributed by atoms with Gasteiger partial charge in [-0.2, -0.15) is 0 Å². The second-order valence-corrected chi connectivity index (χ2v) is 9.77. The van der Waals surface area contributed by atoms with E-state index in [9.17, 15) is 13.2 Å². The standard InChI is InChI=1S/C20H24BNO5S/c1-19(2)20(3,4)27-21(26-19)16-13-11-15(12-14-16)18(23)22(5)28(24,25)17-9-7-6-8-10-17/h6-14H,1-5H3. The molecule has 1 saturated heterocycles. The van der Waals surface area contributed by atoms with Crippen molar-refractivity contribution < 1.29 is 22.5 Å². The highest BCUT2D eigenvalue weighted by Crippen LogP contribution is 2.36. The molecule has 1 fully saturated rings. The van der Waals surface area contributed by atoms with E-state index < -0.39 is 34.3 Å². The smallest absolute Gasteiger partial charge is 0.399 e. The van der Waals surface area contributed by atoms with Crippen LogP contribution in [-0.2, 0) is 19.3 Å². The van der Waals surface area contributed by atoms with Gasteiger partial charge in [0.15, 0.2) is 0 Å². The van der Waals surface area contributed by atoms with Gasteiger partial charge < -0.3 is 9.31 Å². The minimum atomic E-state index is -3.91. The topological polar surface area (TPSA) is 72.9 Å². The van der Waals surface area contributed by atoms with E-state index in [2.05, 4.69) is 0 Å². The van der Waals surface area contributed by atoms with Crippen LogP contribution in [0.5, 0.6) is 0 Å². The molecular weight excluding hydrogens is 377 g/mol. The van der Waals surface area contributed by atoms with E-state index in [-0.39, 0.29) is 10.5 Å². The fourth-order valence-corrected chi connectivity index (χ4v) is 3.94. The number of hydrogen-bond acceptors (Lipinski definition) is 5. The third-order valence-electron chi connectivity index (χ3n) is 5.37. The number of rotatable bonds is 4. The minimum absolute atomic E-state index is 0.0692. The number of carbonyl (C=O) groups is 1. The van der Waals surface area contributed by atoms with Crippen molar-refractivity contribution in [2.45, 2.75) is 43.8 Å². The Balaban J connectivity index is 1.79. The lowest BCUT2D eigenvalue weighted by molar-refractivity contribution is 0.00578. The average molecular weight is 401 g/mol. The molecule has 0 saturated carbocycles. The molecule has 0 spiro atoms. The van der Waals surface area contributed by atoms with Crippen LogP contribution in [0.2, 0.25) is 0 Å². The molecule has 3 rings (SSSR count). The van der Waals surface area contributed by atoms with Crippen LogP contribution in [0, 0.1) is 0 Å². The Morgan fingerprint density at radius 2 is 1.39 bits per heavy atom. The van der Waals surface area contributed by atoms with Gasteiger partial charge in [0.05, 0.1) is 16.1 Å². The third-order valence-corrected chi connectivity index (χ3v) is 7.13. The van der Waals surface area contributed by atoms with Crippen LogP contribution in [0.3, 0.4) is 0 Å². The Labute approximate surface area is 166 Å². The molecule has 28 heavy (non-hydrogen) atoms. The zero-order valence-electron chi connectivity index (χ0n) is 16.7. The van der Waals surface area contributed by atoms with Gasteiger partial charge in [-0.1, -0.05) is 30.3 Å². The molecule has 0 N–H and O–H groups in total. The Hall–Kier alpha value is -2.16. The Morgan fingerprint density at radius 1 is 0.893 bits per heavy atom. The predicted octanol–water partition coefficient (Wildman–Crippen LogP) is 2.45. The number of carbonyl (C=O) groups excluding carboxylic acids is 1. The largest absolute Gasteiger partial charge is 0.494 e. The number of sulfonamides is 1. The van der Waals surface area contributed by atoms with Crippen LogP contribution in [0.4, 0.5) is 0 Å². The molecule has 2 aromatic carbocycles. The fourth-order valence-electron chi connectivity index (χ4n) is 2.80. The molecule has 1 heterocycles. The molecule has 0 aromatic heterocycles. The van der Waals surface area contributed by atoms with Crippen molar-refractivity contribution in [3.05, 3.63) is 60.2 Å². The Kier molecular flexibility index (Phi) is 5.16. The number of hydrogen-bond donors (Lipinski definition) is 0. The Morgan fingerprint density at radius 3 is 1.89 bits per heavy atom. The van der Waals surface area contributed by atoms with Crippen molar-refractivity contribution in [3.63, 3.8) is 0 Å². The first-order valence-electron chi connectivity index (χ1n) is 9.00. The van der Waals surface area contributed by atoms with Gasteiger partial charge >= 0.3 is 7.12 Å². The zero-order chi connectivity index (χ0) is 20.7. The van der Waals surface area contributed by atoms with Crippen LogP contribution in [0.15, 0.2) is 59.5 Å². The summed E-state index contributed by atoms with van der Waals surface area (Å²) in [7, 11) is -3.19. The van der Waals surface area contributed by atoms with Crippen LogP contribution < -0.4 is 5.46 Å². The highest BCUT2D eigenvalue weighted by Gasteiger charge is 2.51. The van der Waals surface area contributed by atoms with Crippen molar-refractivity contribution in [1.29, 1.82) is 0 Å². The zero-order valence-corrected chi connectivity index (χ0v) is 17.5. The second kappa shape index (κ2) is 7.02. The summed E-state index contributed by atoms with van der Waals surface area (Å²) in [6, 6.07) is 14.5. The summed E-state index contributed by atoms with van der Waals surface area (Å²) in [5.74, 6) is -0.607. The molecule has 1 aliphatic heterocycles. The third kappa shape index (κ3) is 3.59. The molecule has 0 unspecified atom stereocenters. The normalized spacial score (nSPS) is 18.1. The van der Waals surface area contributed by atoms with E-state index in [1.807, 2.05) is 27.7 Å². The molecule has 0 radical (unpaired) electrons. The maximum atomic E-state index is 12.7. The summed E-state index contributed by atoms with van der Waals surface area (Å²) in [6.45, 7) is 7.87. The van der Waals surface area contributed by atoms with Crippen molar-refractivity contribution in [2.75, 3.05) is 7.05 Å². The monoisotopic (exact) mass is 401 g/mol. The summed E-state index contributed by atoms with van der Waals surface area (Å²) in [6.07, 6.45) is 0. The quantitative estimate of drug-likeness (QED) is 0.736. The maximum absolute atomic E-state index is 12.7. The van der Waals surface area contributed by atoms with Gasteiger partial charge in [-0.25, -0.2) is 12.7 Å². The summed E-state index contributed by atoms with van der Waals surface area (Å²) in [5.41, 5.74) is 0.109. The van der Waals surface area contributed by atoms with Crippen LogP contribution in [0.1, 0.15) is 38.1 Å². The van der Waals surface area contributed by atoms with Gasteiger partial charge in [0, 0.05) is 12.6 Å². The first-order valence-corrected chi connectivity index (χ1v) is 10.4. The van der Waals surface area contributed by atoms with E-state index in [4.69, 9.17) is 9.31 Å². The first kappa shape index (κ1) is 20.6. The van der Waals surface area contributed by atoms with Gasteiger partial charge in [-0.3, -0.25) is 4.79 Å². The van der Waals surface area contributed by atoms with Crippen molar-refractivity contribution >= 4 is 28.5 Å². The number of amides is 1. The lowest BCUT2D eigenvalue weighted by atomic mass is 9.79. The molecule has 0 aliphatic carbocycles. The Bertz CT molecular complexity index is 955. The highest BCUT2D eigenvalue weighted by molar-refractivity contribution is 7.89. The maximum Gasteiger partial charge on any atom is 0.494 e. The average Bonchev–Trinajstić information content (AvgIpc) is 2.88. The SMILES string of the molecule is CN(C(=O)c1ccc(B2OC(C)(C)C(C)(C)O2)cc1)S(=O)(=O)c1ccccc1. The lowest BCUT2D eigenvalue weighted by Crippen LogP contribution is -2.41.